The molecule has 0 saturated carbocycles. The number of nitriles is 1. The van der Waals surface area contributed by atoms with Gasteiger partial charge >= 0.3 is 0 Å². The number of carbonyl (C=O) groups is 1. The van der Waals surface area contributed by atoms with Crippen molar-refractivity contribution in [2.24, 2.45) is 0 Å². The number of benzene rings is 2. The lowest BCUT2D eigenvalue weighted by Crippen LogP contribution is -2.35. The van der Waals surface area contributed by atoms with E-state index in [1.165, 1.54) is 4.31 Å². The van der Waals surface area contributed by atoms with Crippen LogP contribution in [0, 0.1) is 11.3 Å². The Morgan fingerprint density at radius 1 is 0.964 bits per heavy atom. The van der Waals surface area contributed by atoms with Crippen LogP contribution in [0.1, 0.15) is 40.7 Å². The quantitative estimate of drug-likeness (QED) is 0.800. The first kappa shape index (κ1) is 18.7. The molecule has 4 rings (SSSR count). The Morgan fingerprint density at radius 2 is 1.68 bits per heavy atom. The second kappa shape index (κ2) is 7.38. The first-order valence-electron chi connectivity index (χ1n) is 9.46. The van der Waals surface area contributed by atoms with Gasteiger partial charge < -0.3 is 4.90 Å². The van der Waals surface area contributed by atoms with Gasteiger partial charge in [-0.05, 0) is 73.7 Å². The minimum Gasteiger partial charge on any atom is -0.308 e. The van der Waals surface area contributed by atoms with E-state index in [-0.39, 0.29) is 5.91 Å². The number of carbonyl (C=O) groups excluding carboxylic acids is 1. The lowest BCUT2D eigenvalue weighted by Gasteiger charge is -2.30. The lowest BCUT2D eigenvalue weighted by atomic mass is 10.0. The van der Waals surface area contributed by atoms with Crippen LogP contribution in [-0.4, -0.2) is 38.3 Å². The summed E-state index contributed by atoms with van der Waals surface area (Å²) < 4.78 is 27.2. The van der Waals surface area contributed by atoms with Gasteiger partial charge in [0.1, 0.15) is 0 Å². The number of hydrogen-bond donors (Lipinski definition) is 0. The smallest absolute Gasteiger partial charge is 0.258 e. The van der Waals surface area contributed by atoms with E-state index in [0.29, 0.717) is 35.7 Å². The normalized spacial score (nSPS) is 17.2. The van der Waals surface area contributed by atoms with Crippen molar-refractivity contribution < 1.29 is 13.2 Å². The highest BCUT2D eigenvalue weighted by Gasteiger charge is 2.30. The number of aryl methyl sites for hydroxylation is 1. The number of hydrogen-bond acceptors (Lipinski definition) is 4. The fourth-order valence-electron chi connectivity index (χ4n) is 3.87. The summed E-state index contributed by atoms with van der Waals surface area (Å²) in [7, 11) is -3.47. The second-order valence-electron chi connectivity index (χ2n) is 7.15. The molecule has 0 N–H and O–H groups in total. The van der Waals surface area contributed by atoms with Crippen LogP contribution >= 0.6 is 0 Å². The van der Waals surface area contributed by atoms with E-state index in [0.717, 1.165) is 36.9 Å². The highest BCUT2D eigenvalue weighted by atomic mass is 32.2. The maximum atomic E-state index is 13.0. The highest BCUT2D eigenvalue weighted by molar-refractivity contribution is 7.89. The van der Waals surface area contributed by atoms with Gasteiger partial charge in [0.25, 0.3) is 5.91 Å². The Balaban J connectivity index is 1.64. The molecule has 0 unspecified atom stereocenters. The summed E-state index contributed by atoms with van der Waals surface area (Å²) in [6.45, 7) is 1.73. The van der Waals surface area contributed by atoms with E-state index in [4.69, 9.17) is 5.26 Å². The van der Waals surface area contributed by atoms with Gasteiger partial charge in [0.05, 0.1) is 16.5 Å². The van der Waals surface area contributed by atoms with E-state index in [2.05, 4.69) is 0 Å². The van der Waals surface area contributed by atoms with Crippen molar-refractivity contribution >= 4 is 21.6 Å². The fraction of sp³-hybridized carbons (Fsp3) is 0.333. The maximum Gasteiger partial charge on any atom is 0.258 e. The number of amides is 1. The van der Waals surface area contributed by atoms with Gasteiger partial charge in [-0.25, -0.2) is 8.42 Å². The SMILES string of the molecule is N#Cc1ccc(C(=O)N2CCCc3cc(S(=O)(=O)N4CCCC4)ccc32)cc1. The van der Waals surface area contributed by atoms with Gasteiger partial charge in [0.2, 0.25) is 10.0 Å². The summed E-state index contributed by atoms with van der Waals surface area (Å²) in [5.41, 5.74) is 2.67. The Kier molecular flexibility index (Phi) is 4.92. The van der Waals surface area contributed by atoms with Gasteiger partial charge in [-0.1, -0.05) is 0 Å². The van der Waals surface area contributed by atoms with E-state index >= 15 is 0 Å². The molecule has 2 aromatic carbocycles. The molecule has 0 aliphatic carbocycles. The van der Waals surface area contributed by atoms with Crippen LogP contribution in [0.3, 0.4) is 0 Å². The summed E-state index contributed by atoms with van der Waals surface area (Å²) in [5, 5.41) is 8.92. The zero-order valence-corrected chi connectivity index (χ0v) is 16.3. The van der Waals surface area contributed by atoms with Crippen LogP contribution in [0.25, 0.3) is 0 Å². The monoisotopic (exact) mass is 395 g/mol. The molecule has 1 saturated heterocycles. The Hall–Kier alpha value is -2.69. The largest absolute Gasteiger partial charge is 0.308 e. The zero-order valence-electron chi connectivity index (χ0n) is 15.5. The zero-order chi connectivity index (χ0) is 19.7. The molecule has 0 atom stereocenters. The molecular weight excluding hydrogens is 374 g/mol. The molecular formula is C21H21N3O3S. The van der Waals surface area contributed by atoms with E-state index in [9.17, 15) is 13.2 Å². The van der Waals surface area contributed by atoms with Gasteiger partial charge in [-0.2, -0.15) is 9.57 Å². The van der Waals surface area contributed by atoms with E-state index < -0.39 is 10.0 Å². The Morgan fingerprint density at radius 3 is 2.36 bits per heavy atom. The van der Waals surface area contributed by atoms with Crippen molar-refractivity contribution in [3.63, 3.8) is 0 Å². The molecule has 0 spiro atoms. The average molecular weight is 395 g/mol. The van der Waals surface area contributed by atoms with Gasteiger partial charge in [0.15, 0.2) is 0 Å². The number of nitrogens with zero attached hydrogens (tertiary/aromatic N) is 3. The second-order valence-corrected chi connectivity index (χ2v) is 9.09. The van der Waals surface area contributed by atoms with Gasteiger partial charge in [-0.3, -0.25) is 4.79 Å². The Bertz CT molecular complexity index is 1050. The summed E-state index contributed by atoms with van der Waals surface area (Å²) in [5.74, 6) is -0.138. The summed E-state index contributed by atoms with van der Waals surface area (Å²) in [4.78, 5) is 15.0. The van der Waals surface area contributed by atoms with Crippen molar-refractivity contribution in [1.29, 1.82) is 5.26 Å². The van der Waals surface area contributed by atoms with Crippen molar-refractivity contribution in [3.8, 4) is 6.07 Å². The molecule has 28 heavy (non-hydrogen) atoms. The molecule has 7 heteroatoms. The molecule has 2 aliphatic heterocycles. The molecule has 0 bridgehead atoms. The predicted octanol–water partition coefficient (Wildman–Crippen LogP) is 2.94. The van der Waals surface area contributed by atoms with Gasteiger partial charge in [-0.15, -0.1) is 0 Å². The molecule has 6 nitrogen and oxygen atoms in total. The number of fused-ring (bicyclic) bond motifs is 1. The predicted molar refractivity (Wildman–Crippen MR) is 106 cm³/mol. The molecule has 0 aromatic heterocycles. The minimum atomic E-state index is -3.47. The minimum absolute atomic E-state index is 0.138. The van der Waals surface area contributed by atoms with Crippen LogP contribution in [0.5, 0.6) is 0 Å². The third kappa shape index (κ3) is 3.30. The molecule has 2 heterocycles. The fourth-order valence-corrected chi connectivity index (χ4v) is 5.43. The third-order valence-electron chi connectivity index (χ3n) is 5.38. The molecule has 2 aromatic rings. The average Bonchev–Trinajstić information content (AvgIpc) is 3.28. The van der Waals surface area contributed by atoms with Crippen molar-refractivity contribution in [3.05, 3.63) is 59.2 Å². The highest BCUT2D eigenvalue weighted by Crippen LogP contribution is 2.32. The standard InChI is InChI=1S/C21H21N3O3S/c22-15-16-5-7-17(8-6-16)21(25)24-13-3-4-18-14-19(9-10-20(18)24)28(26,27)23-11-1-2-12-23/h5-10,14H,1-4,11-13H2. The molecule has 144 valence electrons. The maximum absolute atomic E-state index is 13.0. The van der Waals surface area contributed by atoms with Crippen LogP contribution < -0.4 is 4.90 Å². The Labute approximate surface area is 165 Å². The molecule has 1 fully saturated rings. The first-order valence-corrected chi connectivity index (χ1v) is 10.9. The van der Waals surface area contributed by atoms with Crippen molar-refractivity contribution in [2.75, 3.05) is 24.5 Å². The number of sulfonamides is 1. The molecule has 2 aliphatic rings. The lowest BCUT2D eigenvalue weighted by molar-refractivity contribution is 0.0985. The topological polar surface area (TPSA) is 81.5 Å². The summed E-state index contributed by atoms with van der Waals surface area (Å²) >= 11 is 0. The van der Waals surface area contributed by atoms with Crippen molar-refractivity contribution in [2.45, 2.75) is 30.6 Å². The van der Waals surface area contributed by atoms with E-state index in [1.54, 1.807) is 47.4 Å². The van der Waals surface area contributed by atoms with Gasteiger partial charge in [0, 0.05) is 30.9 Å². The number of rotatable bonds is 3. The van der Waals surface area contributed by atoms with Crippen molar-refractivity contribution in [1.82, 2.24) is 4.31 Å². The summed E-state index contributed by atoms with van der Waals surface area (Å²) in [6.07, 6.45) is 3.33. The van der Waals surface area contributed by atoms with Crippen LogP contribution in [0.15, 0.2) is 47.4 Å². The molecule has 0 radical (unpaired) electrons. The third-order valence-corrected chi connectivity index (χ3v) is 7.27. The first-order chi connectivity index (χ1) is 13.5. The van der Waals surface area contributed by atoms with E-state index in [1.807, 2.05) is 6.07 Å². The number of anilines is 1. The van der Waals surface area contributed by atoms with Crippen LogP contribution in [-0.2, 0) is 16.4 Å². The molecule has 1 amide bonds. The van der Waals surface area contributed by atoms with Crippen LogP contribution in [0.2, 0.25) is 0 Å². The van der Waals surface area contributed by atoms with Crippen LogP contribution in [0.4, 0.5) is 5.69 Å². The summed E-state index contributed by atoms with van der Waals surface area (Å²) in [6, 6.07) is 13.7.